The molecule has 1 rings (SSSR count). The third-order valence-electron chi connectivity index (χ3n) is 2.00. The van der Waals surface area contributed by atoms with Gasteiger partial charge >= 0.3 is 11.8 Å². The summed E-state index contributed by atoms with van der Waals surface area (Å²) >= 11 is 0. The summed E-state index contributed by atoms with van der Waals surface area (Å²) in [7, 11) is 1.25. The number of nitrogens with zero attached hydrogens (tertiary/aromatic N) is 3. The summed E-state index contributed by atoms with van der Waals surface area (Å²) in [6.07, 6.45) is 1.44. The molecule has 7 heteroatoms. The lowest BCUT2D eigenvalue weighted by Crippen LogP contribution is -2.18. The molecule has 0 aliphatic heterocycles. The molecule has 7 nitrogen and oxygen atoms in total. The van der Waals surface area contributed by atoms with E-state index in [1.807, 2.05) is 0 Å². The Morgan fingerprint density at radius 1 is 1.73 bits per heavy atom. The Labute approximate surface area is 85.8 Å². The molecular weight excluding hydrogens is 202 g/mol. The minimum Gasteiger partial charge on any atom is -0.467 e. The fourth-order valence-corrected chi connectivity index (χ4v) is 1.13. The summed E-state index contributed by atoms with van der Waals surface area (Å²) in [5, 5.41) is 14.2. The molecule has 1 atom stereocenters. The van der Waals surface area contributed by atoms with Crippen LogP contribution in [-0.2, 0) is 9.53 Å². The summed E-state index contributed by atoms with van der Waals surface area (Å²) in [6.45, 7) is 3.12. The zero-order valence-corrected chi connectivity index (χ0v) is 8.63. The van der Waals surface area contributed by atoms with Gasteiger partial charge in [0.15, 0.2) is 6.04 Å². The largest absolute Gasteiger partial charge is 0.467 e. The molecule has 0 aromatic carbocycles. The fourth-order valence-electron chi connectivity index (χ4n) is 1.13. The van der Waals surface area contributed by atoms with Gasteiger partial charge in [-0.3, -0.25) is 0 Å². The van der Waals surface area contributed by atoms with Crippen LogP contribution >= 0.6 is 0 Å². The van der Waals surface area contributed by atoms with E-state index in [1.54, 1.807) is 13.8 Å². The van der Waals surface area contributed by atoms with Gasteiger partial charge in [0.05, 0.1) is 24.0 Å². The number of esters is 1. The molecule has 1 aromatic heterocycles. The molecule has 0 spiro atoms. The van der Waals surface area contributed by atoms with Gasteiger partial charge in [0.25, 0.3) is 0 Å². The summed E-state index contributed by atoms with van der Waals surface area (Å²) in [4.78, 5) is 21.1. The number of nitro groups is 1. The number of rotatable bonds is 3. The SMILES string of the molecule is COC(=O)[C@@H](C)n1cc(C)c([N+](=O)[O-])n1. The second-order valence-electron chi connectivity index (χ2n) is 3.07. The van der Waals surface area contributed by atoms with Crippen LogP contribution in [0.3, 0.4) is 0 Å². The second kappa shape index (κ2) is 4.07. The smallest absolute Gasteiger partial charge is 0.392 e. The van der Waals surface area contributed by atoms with E-state index in [4.69, 9.17) is 0 Å². The molecule has 0 saturated carbocycles. The lowest BCUT2D eigenvalue weighted by atomic mass is 10.3. The van der Waals surface area contributed by atoms with Gasteiger partial charge in [0, 0.05) is 0 Å². The van der Waals surface area contributed by atoms with Crippen molar-refractivity contribution >= 4 is 11.8 Å². The van der Waals surface area contributed by atoms with Crippen LogP contribution in [0.15, 0.2) is 6.20 Å². The highest BCUT2D eigenvalue weighted by Crippen LogP contribution is 2.17. The Morgan fingerprint density at radius 2 is 2.33 bits per heavy atom. The van der Waals surface area contributed by atoms with E-state index in [-0.39, 0.29) is 5.82 Å². The summed E-state index contributed by atoms with van der Waals surface area (Å²) in [6, 6.07) is -0.664. The Balaban J connectivity index is 3.02. The standard InChI is InChI=1S/C8H11N3O4/c1-5-4-10(6(2)8(12)15-3)9-7(5)11(13)14/h4,6H,1-3H3/t6-/m1/s1. The van der Waals surface area contributed by atoms with E-state index in [2.05, 4.69) is 9.84 Å². The van der Waals surface area contributed by atoms with Gasteiger partial charge in [-0.15, -0.1) is 0 Å². The third-order valence-corrected chi connectivity index (χ3v) is 2.00. The van der Waals surface area contributed by atoms with Crippen molar-refractivity contribution in [2.24, 2.45) is 0 Å². The van der Waals surface area contributed by atoms with Gasteiger partial charge in [-0.25, -0.2) is 4.79 Å². The van der Waals surface area contributed by atoms with Crippen LogP contribution in [0.25, 0.3) is 0 Å². The predicted molar refractivity (Wildman–Crippen MR) is 50.3 cm³/mol. The molecule has 1 aromatic rings. The van der Waals surface area contributed by atoms with Gasteiger partial charge in [0.1, 0.15) is 0 Å². The van der Waals surface area contributed by atoms with Gasteiger partial charge in [-0.2, -0.15) is 4.68 Å². The van der Waals surface area contributed by atoms with Crippen molar-refractivity contribution in [2.75, 3.05) is 7.11 Å². The first-order chi connectivity index (χ1) is 6.97. The highest BCUT2D eigenvalue weighted by atomic mass is 16.6. The van der Waals surface area contributed by atoms with E-state index < -0.39 is 16.9 Å². The molecular formula is C8H11N3O4. The lowest BCUT2D eigenvalue weighted by molar-refractivity contribution is -0.390. The van der Waals surface area contributed by atoms with Crippen LogP contribution in [-0.4, -0.2) is 27.8 Å². The van der Waals surface area contributed by atoms with Crippen LogP contribution in [0, 0.1) is 17.0 Å². The number of methoxy groups -OCH3 is 1. The first-order valence-electron chi connectivity index (χ1n) is 4.25. The molecule has 0 bridgehead atoms. The van der Waals surface area contributed by atoms with Crippen LogP contribution in [0.5, 0.6) is 0 Å². The zero-order chi connectivity index (χ0) is 11.6. The normalized spacial score (nSPS) is 12.2. The van der Waals surface area contributed by atoms with Crippen molar-refractivity contribution in [3.05, 3.63) is 21.9 Å². The van der Waals surface area contributed by atoms with Gasteiger partial charge < -0.3 is 14.9 Å². The Kier molecular flexibility index (Phi) is 3.03. The third kappa shape index (κ3) is 2.12. The molecule has 0 N–H and O–H groups in total. The van der Waals surface area contributed by atoms with Crippen molar-refractivity contribution in [3.8, 4) is 0 Å². The second-order valence-corrected chi connectivity index (χ2v) is 3.07. The molecule has 0 aliphatic rings. The minimum atomic E-state index is -0.664. The summed E-state index contributed by atoms with van der Waals surface area (Å²) in [5.74, 6) is -0.738. The number of carbonyl (C=O) groups is 1. The first-order valence-corrected chi connectivity index (χ1v) is 4.25. The number of carbonyl (C=O) groups excluding carboxylic acids is 1. The predicted octanol–water partition coefficient (Wildman–Crippen LogP) is 0.834. The average Bonchev–Trinajstić information content (AvgIpc) is 2.58. The quantitative estimate of drug-likeness (QED) is 0.421. The monoisotopic (exact) mass is 213 g/mol. The zero-order valence-electron chi connectivity index (χ0n) is 8.63. The molecule has 15 heavy (non-hydrogen) atoms. The molecule has 0 unspecified atom stereocenters. The summed E-state index contributed by atoms with van der Waals surface area (Å²) in [5.41, 5.74) is 0.413. The van der Waals surface area contributed by atoms with Gasteiger partial charge in [0.2, 0.25) is 0 Å². The Morgan fingerprint density at radius 3 is 2.73 bits per heavy atom. The van der Waals surface area contributed by atoms with Crippen molar-refractivity contribution in [1.82, 2.24) is 9.78 Å². The number of hydrogen-bond donors (Lipinski definition) is 0. The number of aryl methyl sites for hydroxylation is 1. The van der Waals surface area contributed by atoms with Crippen LogP contribution < -0.4 is 0 Å². The molecule has 0 fully saturated rings. The number of aromatic nitrogens is 2. The molecule has 0 amide bonds. The summed E-state index contributed by atoms with van der Waals surface area (Å²) < 4.78 is 5.73. The Hall–Kier alpha value is -1.92. The average molecular weight is 213 g/mol. The number of hydrogen-bond acceptors (Lipinski definition) is 5. The van der Waals surface area contributed by atoms with Gasteiger partial charge in [-0.1, -0.05) is 0 Å². The van der Waals surface area contributed by atoms with Crippen LogP contribution in [0.4, 0.5) is 5.82 Å². The molecule has 82 valence electrons. The van der Waals surface area contributed by atoms with E-state index >= 15 is 0 Å². The minimum absolute atomic E-state index is 0.245. The molecule has 1 heterocycles. The highest BCUT2D eigenvalue weighted by molar-refractivity contribution is 5.73. The van der Waals surface area contributed by atoms with Gasteiger partial charge in [-0.05, 0) is 18.8 Å². The van der Waals surface area contributed by atoms with Crippen molar-refractivity contribution < 1.29 is 14.5 Å². The van der Waals surface area contributed by atoms with Crippen LogP contribution in [0.1, 0.15) is 18.5 Å². The Bertz CT molecular complexity index is 399. The first kappa shape index (κ1) is 11.2. The van der Waals surface area contributed by atoms with Crippen molar-refractivity contribution in [3.63, 3.8) is 0 Å². The van der Waals surface area contributed by atoms with E-state index in [0.717, 1.165) is 0 Å². The van der Waals surface area contributed by atoms with E-state index in [1.165, 1.54) is 18.0 Å². The van der Waals surface area contributed by atoms with Crippen molar-refractivity contribution in [2.45, 2.75) is 19.9 Å². The van der Waals surface area contributed by atoms with Crippen molar-refractivity contribution in [1.29, 1.82) is 0 Å². The van der Waals surface area contributed by atoms with E-state index in [9.17, 15) is 14.9 Å². The maximum Gasteiger partial charge on any atom is 0.392 e. The van der Waals surface area contributed by atoms with Crippen LogP contribution in [0.2, 0.25) is 0 Å². The molecule has 0 aliphatic carbocycles. The fraction of sp³-hybridized carbons (Fsp3) is 0.500. The lowest BCUT2D eigenvalue weighted by Gasteiger charge is -2.04. The van der Waals surface area contributed by atoms with E-state index in [0.29, 0.717) is 5.56 Å². The molecule has 0 saturated heterocycles. The topological polar surface area (TPSA) is 87.3 Å². The molecule has 0 radical (unpaired) electrons. The maximum atomic E-state index is 11.1. The highest BCUT2D eigenvalue weighted by Gasteiger charge is 2.24. The maximum absolute atomic E-state index is 11.1. The number of ether oxygens (including phenoxy) is 1.